The number of benzene rings is 2. The third-order valence-corrected chi connectivity index (χ3v) is 4.87. The molecule has 0 heterocycles. The zero-order valence-electron chi connectivity index (χ0n) is 14.7. The van der Waals surface area contributed by atoms with Crippen LogP contribution in [0.4, 0.5) is 8.78 Å². The molecule has 23 heavy (non-hydrogen) atoms. The average molecular weight is 316 g/mol. The molecule has 2 aromatic carbocycles. The van der Waals surface area contributed by atoms with Gasteiger partial charge in [0.1, 0.15) is 11.6 Å². The van der Waals surface area contributed by atoms with Gasteiger partial charge in [-0.3, -0.25) is 0 Å². The highest BCUT2D eigenvalue weighted by Crippen LogP contribution is 2.37. The molecule has 0 aromatic heterocycles. The van der Waals surface area contributed by atoms with Crippen LogP contribution in [0.15, 0.2) is 42.5 Å². The summed E-state index contributed by atoms with van der Waals surface area (Å²) in [7, 11) is 0. The predicted molar refractivity (Wildman–Crippen MR) is 92.8 cm³/mol. The van der Waals surface area contributed by atoms with Crippen molar-refractivity contribution < 1.29 is 8.78 Å². The molecule has 0 saturated heterocycles. The third-order valence-electron chi connectivity index (χ3n) is 4.87. The Morgan fingerprint density at radius 3 is 1.91 bits per heavy atom. The normalized spacial score (nSPS) is 12.5. The lowest BCUT2D eigenvalue weighted by Crippen LogP contribution is -2.25. The maximum absolute atomic E-state index is 14.1. The minimum absolute atomic E-state index is 0.0154. The summed E-state index contributed by atoms with van der Waals surface area (Å²) in [6.07, 6.45) is 1.76. The van der Waals surface area contributed by atoms with Gasteiger partial charge in [0.05, 0.1) is 0 Å². The molecule has 0 radical (unpaired) electrons. The van der Waals surface area contributed by atoms with E-state index < -0.39 is 11.6 Å². The van der Waals surface area contributed by atoms with Crippen molar-refractivity contribution in [1.29, 1.82) is 0 Å². The molecule has 0 nitrogen and oxygen atoms in total. The Balaban J connectivity index is 2.15. The van der Waals surface area contributed by atoms with Crippen molar-refractivity contribution in [2.24, 2.45) is 0 Å². The minimum Gasteiger partial charge on any atom is -0.207 e. The fourth-order valence-corrected chi connectivity index (χ4v) is 2.95. The summed E-state index contributed by atoms with van der Waals surface area (Å²) in [5.74, 6) is -0.981. The van der Waals surface area contributed by atoms with E-state index in [0.29, 0.717) is 5.56 Å². The fourth-order valence-electron chi connectivity index (χ4n) is 2.95. The number of aryl methyl sites for hydroxylation is 1. The molecule has 2 rings (SSSR count). The van der Waals surface area contributed by atoms with Crippen molar-refractivity contribution in [3.8, 4) is 0 Å². The van der Waals surface area contributed by atoms with Crippen molar-refractivity contribution >= 4 is 0 Å². The van der Waals surface area contributed by atoms with Gasteiger partial charge in [-0.1, -0.05) is 63.6 Å². The molecular formula is C21H26F2. The molecule has 2 aromatic rings. The van der Waals surface area contributed by atoms with Gasteiger partial charge in [0, 0.05) is 6.07 Å². The Morgan fingerprint density at radius 2 is 1.35 bits per heavy atom. The van der Waals surface area contributed by atoms with Crippen molar-refractivity contribution in [1.82, 2.24) is 0 Å². The molecule has 0 aliphatic carbocycles. The Hall–Kier alpha value is -1.70. The highest BCUT2D eigenvalue weighted by Gasteiger charge is 2.29. The molecule has 0 bridgehead atoms. The molecular weight excluding hydrogens is 290 g/mol. The standard InChI is InChI=1S/C21H26F2/c1-15-6-8-16(9-7-15)20(2,3)12-13-21(4,5)18-11-10-17(22)14-19(18)23/h6-11,14H,12-13H2,1-5H3. The monoisotopic (exact) mass is 316 g/mol. The molecule has 0 spiro atoms. The summed E-state index contributed by atoms with van der Waals surface area (Å²) in [4.78, 5) is 0. The van der Waals surface area contributed by atoms with Crippen LogP contribution < -0.4 is 0 Å². The van der Waals surface area contributed by atoms with Crippen molar-refractivity contribution in [2.75, 3.05) is 0 Å². The first-order chi connectivity index (χ1) is 10.6. The zero-order chi connectivity index (χ0) is 17.3. The molecule has 0 aliphatic rings. The predicted octanol–water partition coefficient (Wildman–Crippen LogP) is 6.31. The zero-order valence-corrected chi connectivity index (χ0v) is 14.7. The fraction of sp³-hybridized carbons (Fsp3) is 0.429. The lowest BCUT2D eigenvalue weighted by atomic mass is 9.72. The SMILES string of the molecule is Cc1ccc(C(C)(C)CCC(C)(C)c2ccc(F)cc2F)cc1. The number of hydrogen-bond donors (Lipinski definition) is 0. The first kappa shape index (κ1) is 17.7. The van der Waals surface area contributed by atoms with E-state index in [0.717, 1.165) is 18.9 Å². The van der Waals surface area contributed by atoms with E-state index >= 15 is 0 Å². The van der Waals surface area contributed by atoms with Crippen LogP contribution in [0.2, 0.25) is 0 Å². The van der Waals surface area contributed by atoms with E-state index in [1.54, 1.807) is 6.07 Å². The van der Waals surface area contributed by atoms with Crippen molar-refractivity contribution in [2.45, 2.75) is 58.3 Å². The van der Waals surface area contributed by atoms with Gasteiger partial charge in [-0.15, -0.1) is 0 Å². The second kappa shape index (κ2) is 6.43. The summed E-state index contributed by atoms with van der Waals surface area (Å²) in [5.41, 5.74) is 2.80. The molecule has 0 N–H and O–H groups in total. The topological polar surface area (TPSA) is 0 Å². The van der Waals surface area contributed by atoms with Crippen LogP contribution in [0.5, 0.6) is 0 Å². The Labute approximate surface area is 138 Å². The molecule has 124 valence electrons. The largest absolute Gasteiger partial charge is 0.207 e. The molecule has 0 fully saturated rings. The van der Waals surface area contributed by atoms with E-state index in [-0.39, 0.29) is 10.8 Å². The van der Waals surface area contributed by atoms with Crippen LogP contribution in [-0.2, 0) is 10.8 Å². The second-order valence-corrected chi connectivity index (χ2v) is 7.76. The third kappa shape index (κ3) is 4.19. The van der Waals surface area contributed by atoms with Gasteiger partial charge in [-0.25, -0.2) is 8.78 Å². The van der Waals surface area contributed by atoms with Crippen LogP contribution in [0.1, 0.15) is 57.2 Å². The van der Waals surface area contributed by atoms with Gasteiger partial charge in [0.15, 0.2) is 0 Å². The smallest absolute Gasteiger partial charge is 0.129 e. The molecule has 2 heteroatoms. The van der Waals surface area contributed by atoms with Gasteiger partial charge in [-0.05, 0) is 47.8 Å². The van der Waals surface area contributed by atoms with Crippen LogP contribution in [-0.4, -0.2) is 0 Å². The van der Waals surface area contributed by atoms with E-state index in [9.17, 15) is 8.78 Å². The molecule has 0 atom stereocenters. The summed E-state index contributed by atoms with van der Waals surface area (Å²) in [5, 5.41) is 0. The molecule has 0 aliphatic heterocycles. The van der Waals surface area contributed by atoms with E-state index in [1.165, 1.54) is 17.2 Å². The van der Waals surface area contributed by atoms with Gasteiger partial charge in [0.2, 0.25) is 0 Å². The van der Waals surface area contributed by atoms with Gasteiger partial charge in [-0.2, -0.15) is 0 Å². The minimum atomic E-state index is -0.526. The maximum Gasteiger partial charge on any atom is 0.129 e. The summed E-state index contributed by atoms with van der Waals surface area (Å²) < 4.78 is 27.2. The van der Waals surface area contributed by atoms with Gasteiger partial charge < -0.3 is 0 Å². The first-order valence-corrected chi connectivity index (χ1v) is 8.14. The Kier molecular flexibility index (Phi) is 4.93. The average Bonchev–Trinajstić information content (AvgIpc) is 2.45. The Bertz CT molecular complexity index is 667. The highest BCUT2D eigenvalue weighted by atomic mass is 19.1. The first-order valence-electron chi connectivity index (χ1n) is 8.14. The van der Waals surface area contributed by atoms with Crippen LogP contribution in [0, 0.1) is 18.6 Å². The second-order valence-electron chi connectivity index (χ2n) is 7.76. The van der Waals surface area contributed by atoms with E-state index in [1.807, 2.05) is 13.8 Å². The van der Waals surface area contributed by atoms with Crippen molar-refractivity contribution in [3.05, 3.63) is 70.8 Å². The van der Waals surface area contributed by atoms with E-state index in [4.69, 9.17) is 0 Å². The molecule has 0 amide bonds. The van der Waals surface area contributed by atoms with E-state index in [2.05, 4.69) is 45.0 Å². The lowest BCUT2D eigenvalue weighted by Gasteiger charge is -2.32. The van der Waals surface area contributed by atoms with Crippen LogP contribution in [0.3, 0.4) is 0 Å². The van der Waals surface area contributed by atoms with Crippen LogP contribution >= 0.6 is 0 Å². The summed E-state index contributed by atoms with van der Waals surface area (Å²) in [6, 6.07) is 12.5. The summed E-state index contributed by atoms with van der Waals surface area (Å²) in [6.45, 7) is 10.6. The number of rotatable bonds is 5. The maximum atomic E-state index is 14.1. The summed E-state index contributed by atoms with van der Waals surface area (Å²) >= 11 is 0. The molecule has 0 saturated carbocycles. The van der Waals surface area contributed by atoms with Gasteiger partial charge in [0.25, 0.3) is 0 Å². The van der Waals surface area contributed by atoms with Gasteiger partial charge >= 0.3 is 0 Å². The lowest BCUT2D eigenvalue weighted by molar-refractivity contribution is 0.364. The Morgan fingerprint density at radius 1 is 0.783 bits per heavy atom. The number of hydrogen-bond acceptors (Lipinski definition) is 0. The quantitative estimate of drug-likeness (QED) is 0.606. The van der Waals surface area contributed by atoms with Crippen LogP contribution in [0.25, 0.3) is 0 Å². The highest BCUT2D eigenvalue weighted by molar-refractivity contribution is 5.29. The molecule has 0 unspecified atom stereocenters. The van der Waals surface area contributed by atoms with Crippen molar-refractivity contribution in [3.63, 3.8) is 0 Å². The number of halogens is 2.